The first-order chi connectivity index (χ1) is 8.56. The van der Waals surface area contributed by atoms with Gasteiger partial charge in [0.05, 0.1) is 28.9 Å². The Morgan fingerprint density at radius 3 is 2.78 bits per heavy atom. The highest BCUT2D eigenvalue weighted by atomic mass is 35.5. The molecule has 7 heteroatoms. The van der Waals surface area contributed by atoms with Gasteiger partial charge in [-0.15, -0.1) is 5.10 Å². The minimum Gasteiger partial charge on any atom is -0.319 e. The molecule has 0 N–H and O–H groups in total. The molecule has 18 heavy (non-hydrogen) atoms. The van der Waals surface area contributed by atoms with Crippen LogP contribution in [0, 0.1) is 0 Å². The van der Waals surface area contributed by atoms with Crippen LogP contribution >= 0.6 is 34.8 Å². The lowest BCUT2D eigenvalue weighted by atomic mass is 10.1. The van der Waals surface area contributed by atoms with E-state index in [1.165, 1.54) is 18.5 Å². The van der Waals surface area contributed by atoms with Crippen LogP contribution in [0.1, 0.15) is 5.56 Å². The standard InChI is InChI=1S/C11H7Cl3N2O2/c12-8-4-7(11(14)9(13)6-8)5-10(17)18-16-3-1-2-15-16/h1-4,6H,5H2. The minimum absolute atomic E-state index is 0.0427. The summed E-state index contributed by atoms with van der Waals surface area (Å²) in [4.78, 5) is 17.6. The van der Waals surface area contributed by atoms with Crippen molar-refractivity contribution in [3.05, 3.63) is 51.2 Å². The third-order valence-electron chi connectivity index (χ3n) is 2.08. The molecule has 0 amide bonds. The first-order valence-electron chi connectivity index (χ1n) is 4.90. The Morgan fingerprint density at radius 2 is 2.11 bits per heavy atom. The zero-order valence-electron chi connectivity index (χ0n) is 8.94. The highest BCUT2D eigenvalue weighted by Gasteiger charge is 2.13. The van der Waals surface area contributed by atoms with Crippen molar-refractivity contribution < 1.29 is 9.63 Å². The molecule has 1 aromatic carbocycles. The van der Waals surface area contributed by atoms with Crippen molar-refractivity contribution in [2.75, 3.05) is 0 Å². The summed E-state index contributed by atoms with van der Waals surface area (Å²) < 4.78 is 0. The predicted molar refractivity (Wildman–Crippen MR) is 69.0 cm³/mol. The molecule has 0 fully saturated rings. The number of rotatable bonds is 3. The highest BCUT2D eigenvalue weighted by Crippen LogP contribution is 2.30. The number of hydrogen-bond acceptors (Lipinski definition) is 3. The molecular formula is C11H7Cl3N2O2. The molecule has 0 unspecified atom stereocenters. The number of halogens is 3. The van der Waals surface area contributed by atoms with Crippen LogP contribution in [-0.4, -0.2) is 15.9 Å². The molecule has 1 heterocycles. The Morgan fingerprint density at radius 1 is 1.33 bits per heavy atom. The van der Waals surface area contributed by atoms with Crippen molar-refractivity contribution in [3.8, 4) is 0 Å². The van der Waals surface area contributed by atoms with E-state index >= 15 is 0 Å². The van der Waals surface area contributed by atoms with E-state index in [0.29, 0.717) is 20.6 Å². The van der Waals surface area contributed by atoms with Gasteiger partial charge in [-0.3, -0.25) is 0 Å². The molecule has 0 saturated carbocycles. The van der Waals surface area contributed by atoms with Gasteiger partial charge in [-0.05, 0) is 23.8 Å². The zero-order chi connectivity index (χ0) is 13.1. The number of aromatic nitrogens is 2. The number of hydrogen-bond donors (Lipinski definition) is 0. The van der Waals surface area contributed by atoms with Crippen LogP contribution in [0.4, 0.5) is 0 Å². The van der Waals surface area contributed by atoms with Crippen LogP contribution in [0.2, 0.25) is 15.1 Å². The third-order valence-corrected chi connectivity index (χ3v) is 3.14. The van der Waals surface area contributed by atoms with E-state index in [9.17, 15) is 4.79 Å². The van der Waals surface area contributed by atoms with Crippen LogP contribution < -0.4 is 4.84 Å². The second-order valence-electron chi connectivity index (χ2n) is 3.41. The second-order valence-corrected chi connectivity index (χ2v) is 4.63. The van der Waals surface area contributed by atoms with Gasteiger partial charge in [0.15, 0.2) is 0 Å². The molecule has 0 aliphatic carbocycles. The fraction of sp³-hybridized carbons (Fsp3) is 0.0909. The topological polar surface area (TPSA) is 44.1 Å². The van der Waals surface area contributed by atoms with Crippen molar-refractivity contribution in [2.45, 2.75) is 6.42 Å². The Kier molecular flexibility index (Phi) is 4.11. The van der Waals surface area contributed by atoms with Gasteiger partial charge in [0.1, 0.15) is 0 Å². The maximum Gasteiger partial charge on any atom is 0.339 e. The summed E-state index contributed by atoms with van der Waals surface area (Å²) in [6.07, 6.45) is 2.96. The molecule has 0 bridgehead atoms. The first-order valence-corrected chi connectivity index (χ1v) is 6.04. The van der Waals surface area contributed by atoms with E-state index < -0.39 is 5.97 Å². The smallest absolute Gasteiger partial charge is 0.319 e. The van der Waals surface area contributed by atoms with Gasteiger partial charge in [0.25, 0.3) is 0 Å². The van der Waals surface area contributed by atoms with Gasteiger partial charge in [-0.25, -0.2) is 4.79 Å². The van der Waals surface area contributed by atoms with Crippen LogP contribution in [0.3, 0.4) is 0 Å². The lowest BCUT2D eigenvalue weighted by Gasteiger charge is -2.06. The maximum absolute atomic E-state index is 11.6. The van der Waals surface area contributed by atoms with Crippen LogP contribution in [-0.2, 0) is 11.2 Å². The van der Waals surface area contributed by atoms with Crippen molar-refractivity contribution in [3.63, 3.8) is 0 Å². The van der Waals surface area contributed by atoms with Gasteiger partial charge in [-0.2, -0.15) is 0 Å². The molecule has 0 saturated heterocycles. The molecule has 1 aromatic heterocycles. The molecule has 0 atom stereocenters. The number of carbonyl (C=O) groups excluding carboxylic acids is 1. The van der Waals surface area contributed by atoms with Gasteiger partial charge >= 0.3 is 5.97 Å². The predicted octanol–water partition coefficient (Wildman–Crippen LogP) is 3.04. The van der Waals surface area contributed by atoms with Crippen LogP contribution in [0.15, 0.2) is 30.6 Å². The summed E-state index contributed by atoms with van der Waals surface area (Å²) in [7, 11) is 0. The average molecular weight is 306 g/mol. The summed E-state index contributed by atoms with van der Waals surface area (Å²) in [5, 5.41) is 4.74. The largest absolute Gasteiger partial charge is 0.339 e. The maximum atomic E-state index is 11.6. The van der Waals surface area contributed by atoms with Crippen molar-refractivity contribution >= 4 is 40.8 Å². The number of benzene rings is 1. The third kappa shape index (κ3) is 3.16. The van der Waals surface area contributed by atoms with Gasteiger partial charge in [-0.1, -0.05) is 39.6 Å². The monoisotopic (exact) mass is 304 g/mol. The van der Waals surface area contributed by atoms with Crippen molar-refractivity contribution in [1.82, 2.24) is 9.94 Å². The average Bonchev–Trinajstić information content (AvgIpc) is 2.77. The Balaban J connectivity index is 2.12. The van der Waals surface area contributed by atoms with E-state index in [0.717, 1.165) is 4.85 Å². The normalized spacial score (nSPS) is 10.4. The van der Waals surface area contributed by atoms with E-state index in [1.807, 2.05) is 0 Å². The lowest BCUT2D eigenvalue weighted by Crippen LogP contribution is -2.21. The molecule has 2 rings (SSSR count). The number of carbonyl (C=O) groups is 1. The molecule has 94 valence electrons. The Bertz CT molecular complexity index is 570. The van der Waals surface area contributed by atoms with Crippen molar-refractivity contribution in [1.29, 1.82) is 0 Å². The minimum atomic E-state index is -0.515. The van der Waals surface area contributed by atoms with Crippen LogP contribution in [0.5, 0.6) is 0 Å². The van der Waals surface area contributed by atoms with Gasteiger partial charge in [0.2, 0.25) is 0 Å². The van der Waals surface area contributed by atoms with Crippen LogP contribution in [0.25, 0.3) is 0 Å². The molecule has 0 spiro atoms. The van der Waals surface area contributed by atoms with Gasteiger partial charge in [0, 0.05) is 5.02 Å². The number of nitrogens with zero attached hydrogens (tertiary/aromatic N) is 2. The second kappa shape index (κ2) is 5.61. The van der Waals surface area contributed by atoms with E-state index in [-0.39, 0.29) is 6.42 Å². The summed E-state index contributed by atoms with van der Waals surface area (Å²) in [5.74, 6) is -0.515. The summed E-state index contributed by atoms with van der Waals surface area (Å²) in [6.45, 7) is 0. The first kappa shape index (κ1) is 13.2. The quantitative estimate of drug-likeness (QED) is 0.819. The van der Waals surface area contributed by atoms with E-state index in [4.69, 9.17) is 39.6 Å². The van der Waals surface area contributed by atoms with Gasteiger partial charge < -0.3 is 4.84 Å². The SMILES string of the molecule is O=C(Cc1cc(Cl)cc(Cl)c1Cl)On1cccn1. The Hall–Kier alpha value is -1.23. The molecule has 0 radical (unpaired) electrons. The molecule has 2 aromatic rings. The van der Waals surface area contributed by atoms with Crippen molar-refractivity contribution in [2.24, 2.45) is 0 Å². The summed E-state index contributed by atoms with van der Waals surface area (Å²) in [6, 6.07) is 4.71. The highest BCUT2D eigenvalue weighted by molar-refractivity contribution is 6.43. The summed E-state index contributed by atoms with van der Waals surface area (Å²) in [5.41, 5.74) is 0.506. The lowest BCUT2D eigenvalue weighted by molar-refractivity contribution is -0.145. The molecule has 0 aliphatic heterocycles. The zero-order valence-corrected chi connectivity index (χ0v) is 11.2. The Labute approximate surface area is 118 Å². The molecular weight excluding hydrogens is 298 g/mol. The summed E-state index contributed by atoms with van der Waals surface area (Å²) >= 11 is 17.7. The molecule has 0 aliphatic rings. The van der Waals surface area contributed by atoms with E-state index in [1.54, 1.807) is 12.1 Å². The fourth-order valence-corrected chi connectivity index (χ4v) is 2.05. The van der Waals surface area contributed by atoms with E-state index in [2.05, 4.69) is 5.10 Å². The molecule has 4 nitrogen and oxygen atoms in total. The fourth-order valence-electron chi connectivity index (χ4n) is 1.34.